The van der Waals surface area contributed by atoms with Gasteiger partial charge in [-0.05, 0) is 25.5 Å². The number of benzene rings is 1. The van der Waals surface area contributed by atoms with Gasteiger partial charge in [0.1, 0.15) is 0 Å². The largest absolute Gasteiger partial charge is 0.480 e. The highest BCUT2D eigenvalue weighted by atomic mass is 35.5. The van der Waals surface area contributed by atoms with Gasteiger partial charge in [0.25, 0.3) is 0 Å². The second kappa shape index (κ2) is 8.00. The summed E-state index contributed by atoms with van der Waals surface area (Å²) >= 11 is 6.10. The Labute approximate surface area is 128 Å². The molecule has 5 nitrogen and oxygen atoms in total. The average molecular weight is 315 g/mol. The molecule has 0 heterocycles. The van der Waals surface area contributed by atoms with Crippen LogP contribution in [-0.2, 0) is 24.5 Å². The smallest absolute Gasteiger partial charge is 0.328 e. The molecule has 6 heteroatoms. The molecule has 0 aliphatic heterocycles. The minimum atomic E-state index is -1.86. The Morgan fingerprint density at radius 2 is 1.90 bits per heavy atom. The molecular formula is C15H19ClO5. The van der Waals surface area contributed by atoms with Crippen LogP contribution in [0, 0.1) is 0 Å². The van der Waals surface area contributed by atoms with Crippen LogP contribution in [0.3, 0.4) is 0 Å². The predicted octanol–water partition coefficient (Wildman–Crippen LogP) is 2.65. The van der Waals surface area contributed by atoms with E-state index in [0.29, 0.717) is 6.61 Å². The Balaban J connectivity index is 3.33. The molecule has 0 saturated carbocycles. The standard InChI is InChI=1S/C15H19ClO5/c1-3-20-10-9-15(13(17)18,14(19)21-4-2)11-7-5-6-8-12(11)16/h5-8H,3-4,9-10H2,1-2H3,(H,17,18). The number of halogens is 1. The summed E-state index contributed by atoms with van der Waals surface area (Å²) in [5.74, 6) is -2.13. The second-order valence-corrected chi connectivity index (χ2v) is 4.76. The van der Waals surface area contributed by atoms with Gasteiger partial charge in [-0.3, -0.25) is 9.59 Å². The summed E-state index contributed by atoms with van der Waals surface area (Å²) in [6.07, 6.45) is -0.0429. The number of carboxylic acids is 1. The SMILES string of the molecule is CCOCCC(C(=O)O)(C(=O)OCC)c1ccccc1Cl. The fourth-order valence-corrected chi connectivity index (χ4v) is 2.38. The molecule has 0 spiro atoms. The Kier molecular flexibility index (Phi) is 6.65. The van der Waals surface area contributed by atoms with E-state index < -0.39 is 17.4 Å². The highest BCUT2D eigenvalue weighted by molar-refractivity contribution is 6.32. The molecule has 0 aliphatic carbocycles. The third kappa shape index (κ3) is 3.74. The molecule has 1 atom stereocenters. The van der Waals surface area contributed by atoms with Gasteiger partial charge in [0.2, 0.25) is 0 Å². The number of ether oxygens (including phenoxy) is 2. The van der Waals surface area contributed by atoms with E-state index in [0.717, 1.165) is 0 Å². The summed E-state index contributed by atoms with van der Waals surface area (Å²) in [6, 6.07) is 6.39. The van der Waals surface area contributed by atoms with Gasteiger partial charge < -0.3 is 14.6 Å². The minimum Gasteiger partial charge on any atom is -0.480 e. The highest BCUT2D eigenvalue weighted by Gasteiger charge is 2.50. The first-order valence-electron chi connectivity index (χ1n) is 6.74. The van der Waals surface area contributed by atoms with E-state index >= 15 is 0 Å². The first-order valence-corrected chi connectivity index (χ1v) is 7.11. The van der Waals surface area contributed by atoms with Crippen LogP contribution in [-0.4, -0.2) is 36.9 Å². The molecule has 0 fully saturated rings. The van der Waals surface area contributed by atoms with Gasteiger partial charge in [0, 0.05) is 24.7 Å². The number of rotatable bonds is 8. The van der Waals surface area contributed by atoms with Gasteiger partial charge >= 0.3 is 11.9 Å². The van der Waals surface area contributed by atoms with Crippen LogP contribution in [0.4, 0.5) is 0 Å². The van der Waals surface area contributed by atoms with Crippen molar-refractivity contribution < 1.29 is 24.2 Å². The van der Waals surface area contributed by atoms with Gasteiger partial charge in [0.05, 0.1) is 6.61 Å². The van der Waals surface area contributed by atoms with E-state index in [-0.39, 0.29) is 30.2 Å². The van der Waals surface area contributed by atoms with Crippen molar-refractivity contribution in [3.63, 3.8) is 0 Å². The van der Waals surface area contributed by atoms with E-state index in [4.69, 9.17) is 21.1 Å². The molecule has 0 aromatic heterocycles. The second-order valence-electron chi connectivity index (χ2n) is 4.36. The third-order valence-corrected chi connectivity index (χ3v) is 3.48. The van der Waals surface area contributed by atoms with Crippen molar-refractivity contribution in [2.24, 2.45) is 0 Å². The topological polar surface area (TPSA) is 72.8 Å². The van der Waals surface area contributed by atoms with Crippen molar-refractivity contribution in [3.05, 3.63) is 34.9 Å². The van der Waals surface area contributed by atoms with Crippen molar-refractivity contribution in [1.82, 2.24) is 0 Å². The molecule has 1 rings (SSSR count). The average Bonchev–Trinajstić information content (AvgIpc) is 2.44. The van der Waals surface area contributed by atoms with Crippen molar-refractivity contribution in [3.8, 4) is 0 Å². The van der Waals surface area contributed by atoms with Gasteiger partial charge in [-0.1, -0.05) is 29.8 Å². The first kappa shape index (κ1) is 17.5. The maximum absolute atomic E-state index is 12.3. The Morgan fingerprint density at radius 3 is 2.43 bits per heavy atom. The molecule has 0 aliphatic rings. The molecule has 0 saturated heterocycles. The van der Waals surface area contributed by atoms with Crippen LogP contribution in [0.25, 0.3) is 0 Å². The maximum Gasteiger partial charge on any atom is 0.328 e. The van der Waals surface area contributed by atoms with Crippen molar-refractivity contribution in [1.29, 1.82) is 0 Å². The van der Waals surface area contributed by atoms with Crippen molar-refractivity contribution in [2.45, 2.75) is 25.7 Å². The molecule has 116 valence electrons. The van der Waals surface area contributed by atoms with Crippen LogP contribution >= 0.6 is 11.6 Å². The molecule has 21 heavy (non-hydrogen) atoms. The lowest BCUT2D eigenvalue weighted by atomic mass is 9.77. The zero-order valence-electron chi connectivity index (χ0n) is 12.1. The summed E-state index contributed by atoms with van der Waals surface area (Å²) in [4.78, 5) is 24.2. The van der Waals surface area contributed by atoms with Gasteiger partial charge in [-0.2, -0.15) is 0 Å². The van der Waals surface area contributed by atoms with Crippen molar-refractivity contribution in [2.75, 3.05) is 19.8 Å². The Hall–Kier alpha value is -1.59. The van der Waals surface area contributed by atoms with Crippen LogP contribution < -0.4 is 0 Å². The number of carbonyl (C=O) groups excluding carboxylic acids is 1. The van der Waals surface area contributed by atoms with Crippen LogP contribution in [0.2, 0.25) is 5.02 Å². The lowest BCUT2D eigenvalue weighted by Crippen LogP contribution is -2.46. The highest BCUT2D eigenvalue weighted by Crippen LogP contribution is 2.35. The Morgan fingerprint density at radius 1 is 1.24 bits per heavy atom. The van der Waals surface area contributed by atoms with Crippen LogP contribution in [0.15, 0.2) is 24.3 Å². The van der Waals surface area contributed by atoms with E-state index in [1.165, 1.54) is 6.07 Å². The zero-order valence-corrected chi connectivity index (χ0v) is 12.9. The number of carboxylic acid groups (broad SMARTS) is 1. The molecule has 1 unspecified atom stereocenters. The summed E-state index contributed by atoms with van der Waals surface area (Å²) in [5, 5.41) is 9.90. The summed E-state index contributed by atoms with van der Waals surface area (Å²) in [6.45, 7) is 4.06. The fourth-order valence-electron chi connectivity index (χ4n) is 2.09. The monoisotopic (exact) mass is 314 g/mol. The van der Waals surface area contributed by atoms with E-state index in [1.807, 2.05) is 0 Å². The van der Waals surface area contributed by atoms with Crippen molar-refractivity contribution >= 4 is 23.5 Å². The van der Waals surface area contributed by atoms with Gasteiger partial charge in [0.15, 0.2) is 5.41 Å². The van der Waals surface area contributed by atoms with Crippen LogP contribution in [0.5, 0.6) is 0 Å². The first-order chi connectivity index (χ1) is 10.0. The molecule has 1 aromatic carbocycles. The minimum absolute atomic E-state index is 0.0429. The lowest BCUT2D eigenvalue weighted by molar-refractivity contribution is -0.162. The molecule has 1 aromatic rings. The fraction of sp³-hybridized carbons (Fsp3) is 0.467. The van der Waals surface area contributed by atoms with Crippen LogP contribution in [0.1, 0.15) is 25.8 Å². The maximum atomic E-state index is 12.3. The molecule has 0 bridgehead atoms. The molecule has 1 N–H and O–H groups in total. The lowest BCUT2D eigenvalue weighted by Gasteiger charge is -2.28. The normalized spacial score (nSPS) is 13.5. The molecular weight excluding hydrogens is 296 g/mol. The molecule has 0 amide bonds. The summed E-state index contributed by atoms with van der Waals surface area (Å²) in [5.41, 5.74) is -1.64. The van der Waals surface area contributed by atoms with E-state index in [1.54, 1.807) is 32.0 Å². The molecule has 0 radical (unpaired) electrons. The zero-order chi connectivity index (χ0) is 15.9. The van der Waals surface area contributed by atoms with E-state index in [9.17, 15) is 14.7 Å². The van der Waals surface area contributed by atoms with Gasteiger partial charge in [-0.15, -0.1) is 0 Å². The summed E-state index contributed by atoms with van der Waals surface area (Å²) in [7, 11) is 0. The number of hydrogen-bond acceptors (Lipinski definition) is 4. The summed E-state index contributed by atoms with van der Waals surface area (Å²) < 4.78 is 10.2. The number of hydrogen-bond donors (Lipinski definition) is 1. The van der Waals surface area contributed by atoms with E-state index in [2.05, 4.69) is 0 Å². The number of carbonyl (C=O) groups is 2. The third-order valence-electron chi connectivity index (χ3n) is 3.15. The Bertz CT molecular complexity index is 503. The number of esters is 1. The predicted molar refractivity (Wildman–Crippen MR) is 78.5 cm³/mol. The quantitative estimate of drug-likeness (QED) is 0.453. The van der Waals surface area contributed by atoms with Gasteiger partial charge in [-0.25, -0.2) is 0 Å². The number of aliphatic carboxylic acids is 1.